The van der Waals surface area contributed by atoms with Crippen molar-refractivity contribution >= 4 is 11.7 Å². The lowest BCUT2D eigenvalue weighted by Crippen LogP contribution is -2.37. The molecule has 0 spiro atoms. The van der Waals surface area contributed by atoms with Gasteiger partial charge in [-0.05, 0) is 12.0 Å². The van der Waals surface area contributed by atoms with Gasteiger partial charge in [0, 0.05) is 6.42 Å². The predicted molar refractivity (Wildman–Crippen MR) is 65.6 cm³/mol. The largest absolute Gasteiger partial charge is 0.409 e. The molecule has 0 heterocycles. The van der Waals surface area contributed by atoms with Gasteiger partial charge in [-0.2, -0.15) is 0 Å². The molecule has 0 bridgehead atoms. The van der Waals surface area contributed by atoms with Crippen LogP contribution in [0.15, 0.2) is 35.5 Å². The van der Waals surface area contributed by atoms with E-state index < -0.39 is 6.04 Å². The lowest BCUT2D eigenvalue weighted by atomic mass is 10.1. The highest BCUT2D eigenvalue weighted by molar-refractivity contribution is 5.90. The number of rotatable bonds is 5. The monoisotopic (exact) mass is 235 g/mol. The molecular weight excluding hydrogens is 218 g/mol. The number of carbonyl (C=O) groups excluding carboxylic acids is 1. The Bertz CT molecular complexity index is 390. The first-order valence-corrected chi connectivity index (χ1v) is 5.50. The summed E-state index contributed by atoms with van der Waals surface area (Å²) in [5.41, 5.74) is 6.36. The average Bonchev–Trinajstić information content (AvgIpc) is 2.36. The quantitative estimate of drug-likeness (QED) is 0.312. The van der Waals surface area contributed by atoms with Gasteiger partial charge in [0.1, 0.15) is 6.04 Å². The molecule has 5 heteroatoms. The van der Waals surface area contributed by atoms with E-state index in [2.05, 4.69) is 10.5 Å². The summed E-state index contributed by atoms with van der Waals surface area (Å²) in [6, 6.07) is 8.57. The minimum absolute atomic E-state index is 0.0272. The van der Waals surface area contributed by atoms with Crippen LogP contribution in [0.3, 0.4) is 0 Å². The van der Waals surface area contributed by atoms with Gasteiger partial charge >= 0.3 is 0 Å². The molecule has 0 aliphatic heterocycles. The second-order valence-corrected chi connectivity index (χ2v) is 3.69. The number of carbonyl (C=O) groups is 1. The number of nitrogens with two attached hydrogens (primary N) is 1. The third-order valence-corrected chi connectivity index (χ3v) is 2.33. The zero-order valence-electron chi connectivity index (χ0n) is 9.76. The van der Waals surface area contributed by atoms with Crippen molar-refractivity contribution in [3.63, 3.8) is 0 Å². The van der Waals surface area contributed by atoms with E-state index in [0.29, 0.717) is 6.42 Å². The third kappa shape index (κ3) is 3.79. The molecule has 92 valence electrons. The number of oxime groups is 1. The fraction of sp³-hybridized carbons (Fsp3) is 0.333. The lowest BCUT2D eigenvalue weighted by molar-refractivity contribution is -0.121. The Hall–Kier alpha value is -2.04. The van der Waals surface area contributed by atoms with Gasteiger partial charge < -0.3 is 16.3 Å². The van der Waals surface area contributed by atoms with E-state index >= 15 is 0 Å². The highest BCUT2D eigenvalue weighted by Crippen LogP contribution is 2.12. The minimum Gasteiger partial charge on any atom is -0.409 e. The molecule has 1 rings (SSSR count). The topological polar surface area (TPSA) is 87.7 Å². The highest BCUT2D eigenvalue weighted by Gasteiger charge is 2.18. The molecule has 0 saturated heterocycles. The Labute approximate surface area is 100 Å². The molecular formula is C12H17N3O2. The molecule has 1 unspecified atom stereocenters. The lowest BCUT2D eigenvalue weighted by Gasteiger charge is -2.17. The van der Waals surface area contributed by atoms with Crippen LogP contribution in [-0.2, 0) is 4.79 Å². The van der Waals surface area contributed by atoms with Crippen molar-refractivity contribution in [1.29, 1.82) is 0 Å². The molecule has 0 fully saturated rings. The zero-order valence-corrected chi connectivity index (χ0v) is 9.76. The van der Waals surface area contributed by atoms with Gasteiger partial charge in [-0.1, -0.05) is 42.4 Å². The van der Waals surface area contributed by atoms with Crippen LogP contribution in [0.5, 0.6) is 0 Å². The van der Waals surface area contributed by atoms with Gasteiger partial charge in [0.15, 0.2) is 5.84 Å². The summed E-state index contributed by atoms with van der Waals surface area (Å²) in [5, 5.41) is 14.4. The van der Waals surface area contributed by atoms with Gasteiger partial charge in [0.25, 0.3) is 0 Å². The number of nitrogens with zero attached hydrogens (tertiary/aromatic N) is 1. The van der Waals surface area contributed by atoms with Crippen molar-refractivity contribution in [3.8, 4) is 0 Å². The fourth-order valence-corrected chi connectivity index (χ4v) is 1.49. The van der Waals surface area contributed by atoms with Gasteiger partial charge in [0.05, 0.1) is 0 Å². The zero-order chi connectivity index (χ0) is 12.7. The summed E-state index contributed by atoms with van der Waals surface area (Å²) in [7, 11) is 0. The summed E-state index contributed by atoms with van der Waals surface area (Å²) < 4.78 is 0. The molecule has 0 aromatic heterocycles. The van der Waals surface area contributed by atoms with Crippen LogP contribution in [0.1, 0.15) is 31.4 Å². The van der Waals surface area contributed by atoms with Crippen molar-refractivity contribution in [3.05, 3.63) is 35.9 Å². The van der Waals surface area contributed by atoms with Gasteiger partial charge in [-0.15, -0.1) is 0 Å². The standard InChI is InChI=1S/C12H17N3O2/c1-2-6-10(16)14-11(12(13)15-17)9-7-4-3-5-8-9/h3-5,7-8,11,17H,2,6H2,1H3,(H2,13,15)(H,14,16). The van der Waals surface area contributed by atoms with Crippen LogP contribution in [0, 0.1) is 0 Å². The number of nitrogens with one attached hydrogen (secondary N) is 1. The van der Waals surface area contributed by atoms with E-state index in [9.17, 15) is 4.79 Å². The Balaban J connectivity index is 2.86. The predicted octanol–water partition coefficient (Wildman–Crippen LogP) is 1.39. The molecule has 0 radical (unpaired) electrons. The maximum Gasteiger partial charge on any atom is 0.220 e. The molecule has 1 atom stereocenters. The molecule has 5 nitrogen and oxygen atoms in total. The third-order valence-electron chi connectivity index (χ3n) is 2.33. The first kappa shape index (κ1) is 13.0. The van der Waals surface area contributed by atoms with Crippen molar-refractivity contribution in [2.24, 2.45) is 10.9 Å². The summed E-state index contributed by atoms with van der Waals surface area (Å²) in [6.07, 6.45) is 1.17. The summed E-state index contributed by atoms with van der Waals surface area (Å²) in [4.78, 5) is 11.5. The number of hydrogen-bond donors (Lipinski definition) is 3. The maximum absolute atomic E-state index is 11.5. The summed E-state index contributed by atoms with van der Waals surface area (Å²) >= 11 is 0. The number of benzene rings is 1. The van der Waals surface area contributed by atoms with E-state index in [1.54, 1.807) is 0 Å². The van der Waals surface area contributed by atoms with E-state index in [1.807, 2.05) is 37.3 Å². The molecule has 0 aliphatic carbocycles. The van der Waals surface area contributed by atoms with Crippen LogP contribution >= 0.6 is 0 Å². The van der Waals surface area contributed by atoms with Crippen LogP contribution in [0.4, 0.5) is 0 Å². The molecule has 0 aliphatic rings. The SMILES string of the molecule is CCCC(=O)NC(/C(N)=N/O)c1ccccc1. The van der Waals surface area contributed by atoms with Crippen molar-refractivity contribution in [2.75, 3.05) is 0 Å². The normalized spacial score (nSPS) is 13.1. The number of amides is 1. The first-order chi connectivity index (χ1) is 8.19. The molecule has 1 aromatic carbocycles. The molecule has 17 heavy (non-hydrogen) atoms. The number of hydrogen-bond acceptors (Lipinski definition) is 3. The first-order valence-electron chi connectivity index (χ1n) is 5.50. The molecule has 1 aromatic rings. The van der Waals surface area contributed by atoms with E-state index in [-0.39, 0.29) is 11.7 Å². The summed E-state index contributed by atoms with van der Waals surface area (Å²) in [5.74, 6) is -0.145. The number of amidine groups is 1. The Kier molecular flexibility index (Phi) is 5.00. The van der Waals surface area contributed by atoms with Crippen molar-refractivity contribution in [1.82, 2.24) is 5.32 Å². The highest BCUT2D eigenvalue weighted by atomic mass is 16.4. The van der Waals surface area contributed by atoms with Crippen LogP contribution in [0.25, 0.3) is 0 Å². The van der Waals surface area contributed by atoms with E-state index in [0.717, 1.165) is 12.0 Å². The second kappa shape index (κ2) is 6.52. The van der Waals surface area contributed by atoms with E-state index in [4.69, 9.17) is 10.9 Å². The fourth-order valence-electron chi connectivity index (χ4n) is 1.49. The van der Waals surface area contributed by atoms with Gasteiger partial charge in [-0.25, -0.2) is 0 Å². The average molecular weight is 235 g/mol. The summed E-state index contributed by atoms with van der Waals surface area (Å²) in [6.45, 7) is 1.92. The Morgan fingerprint density at radius 1 is 1.47 bits per heavy atom. The smallest absolute Gasteiger partial charge is 0.220 e. The Morgan fingerprint density at radius 2 is 2.12 bits per heavy atom. The van der Waals surface area contributed by atoms with Gasteiger partial charge in [-0.3, -0.25) is 4.79 Å². The van der Waals surface area contributed by atoms with Crippen LogP contribution in [-0.4, -0.2) is 17.0 Å². The van der Waals surface area contributed by atoms with Crippen molar-refractivity contribution < 1.29 is 10.0 Å². The molecule has 1 amide bonds. The van der Waals surface area contributed by atoms with Crippen LogP contribution in [0.2, 0.25) is 0 Å². The van der Waals surface area contributed by atoms with Crippen molar-refractivity contribution in [2.45, 2.75) is 25.8 Å². The van der Waals surface area contributed by atoms with E-state index in [1.165, 1.54) is 0 Å². The molecule has 0 saturated carbocycles. The van der Waals surface area contributed by atoms with Crippen LogP contribution < -0.4 is 11.1 Å². The Morgan fingerprint density at radius 3 is 2.65 bits per heavy atom. The molecule has 4 N–H and O–H groups in total. The van der Waals surface area contributed by atoms with Gasteiger partial charge in [0.2, 0.25) is 5.91 Å². The maximum atomic E-state index is 11.5. The second-order valence-electron chi connectivity index (χ2n) is 3.69. The minimum atomic E-state index is -0.583.